The van der Waals surface area contributed by atoms with E-state index in [1.807, 2.05) is 0 Å². The number of benzene rings is 1. The third-order valence-corrected chi connectivity index (χ3v) is 3.44. The SMILES string of the molecule is O[C@H]1C[C@H](c2cc(F)ccc2F)N(c2cnccn2)C1. The number of aliphatic hydroxyl groups is 1. The van der Waals surface area contributed by atoms with Crippen LogP contribution in [0, 0.1) is 11.6 Å². The van der Waals surface area contributed by atoms with E-state index < -0.39 is 23.8 Å². The Morgan fingerprint density at radius 3 is 2.85 bits per heavy atom. The number of anilines is 1. The van der Waals surface area contributed by atoms with Crippen molar-refractivity contribution in [2.45, 2.75) is 18.6 Å². The minimum atomic E-state index is -0.607. The Hall–Kier alpha value is -2.08. The molecular weight excluding hydrogens is 264 g/mol. The van der Waals surface area contributed by atoms with Crippen molar-refractivity contribution >= 4 is 5.82 Å². The van der Waals surface area contributed by atoms with Crippen molar-refractivity contribution in [1.82, 2.24) is 9.97 Å². The molecular formula is C14H13F2N3O. The first-order valence-electron chi connectivity index (χ1n) is 6.31. The summed E-state index contributed by atoms with van der Waals surface area (Å²) in [5, 5.41) is 9.85. The van der Waals surface area contributed by atoms with Gasteiger partial charge in [-0.25, -0.2) is 13.8 Å². The van der Waals surface area contributed by atoms with E-state index in [0.29, 0.717) is 18.8 Å². The Bertz CT molecular complexity index is 609. The Balaban J connectivity index is 2.00. The molecule has 0 bridgehead atoms. The van der Waals surface area contributed by atoms with Crippen LogP contribution < -0.4 is 4.90 Å². The smallest absolute Gasteiger partial charge is 0.147 e. The van der Waals surface area contributed by atoms with E-state index in [2.05, 4.69) is 9.97 Å². The number of rotatable bonds is 2. The van der Waals surface area contributed by atoms with Crippen molar-refractivity contribution < 1.29 is 13.9 Å². The van der Waals surface area contributed by atoms with Crippen LogP contribution in [0.15, 0.2) is 36.8 Å². The molecule has 2 aromatic rings. The van der Waals surface area contributed by atoms with Crippen LogP contribution in [0.5, 0.6) is 0 Å². The van der Waals surface area contributed by atoms with Gasteiger partial charge in [0.15, 0.2) is 0 Å². The number of hydrogen-bond acceptors (Lipinski definition) is 4. The van der Waals surface area contributed by atoms with E-state index in [9.17, 15) is 13.9 Å². The second-order valence-corrected chi connectivity index (χ2v) is 4.79. The molecule has 1 aliphatic rings. The zero-order valence-electron chi connectivity index (χ0n) is 10.6. The highest BCUT2D eigenvalue weighted by atomic mass is 19.1. The molecule has 20 heavy (non-hydrogen) atoms. The second-order valence-electron chi connectivity index (χ2n) is 4.79. The number of aliphatic hydroxyl groups excluding tert-OH is 1. The summed E-state index contributed by atoms with van der Waals surface area (Å²) < 4.78 is 27.3. The van der Waals surface area contributed by atoms with E-state index in [-0.39, 0.29) is 5.56 Å². The van der Waals surface area contributed by atoms with E-state index in [1.165, 1.54) is 18.5 Å². The Morgan fingerprint density at radius 2 is 2.10 bits per heavy atom. The van der Waals surface area contributed by atoms with Crippen molar-refractivity contribution in [3.05, 3.63) is 54.0 Å². The Kier molecular flexibility index (Phi) is 3.31. The zero-order chi connectivity index (χ0) is 14.1. The van der Waals surface area contributed by atoms with Crippen LogP contribution in [-0.4, -0.2) is 27.7 Å². The van der Waals surface area contributed by atoms with Gasteiger partial charge in [-0.05, 0) is 24.6 Å². The van der Waals surface area contributed by atoms with Crippen LogP contribution in [0.1, 0.15) is 18.0 Å². The normalized spacial score (nSPS) is 22.2. The number of hydrogen-bond donors (Lipinski definition) is 1. The summed E-state index contributed by atoms with van der Waals surface area (Å²) in [7, 11) is 0. The summed E-state index contributed by atoms with van der Waals surface area (Å²) in [5.41, 5.74) is 0.229. The summed E-state index contributed by atoms with van der Waals surface area (Å²) in [6.07, 6.45) is 4.33. The number of β-amino-alcohol motifs (C(OH)–C–C–N with tert-alkyl or cyclic N) is 1. The average Bonchev–Trinajstić information content (AvgIpc) is 2.84. The summed E-state index contributed by atoms with van der Waals surface area (Å²) in [6, 6.07) is 2.90. The minimum Gasteiger partial charge on any atom is -0.391 e. The molecule has 1 saturated heterocycles. The topological polar surface area (TPSA) is 49.2 Å². The second kappa shape index (κ2) is 5.13. The maximum atomic E-state index is 13.9. The summed E-state index contributed by atoms with van der Waals surface area (Å²) in [5.74, 6) is -0.445. The standard InChI is InChI=1S/C14H13F2N3O/c15-9-1-2-12(16)11(5-9)13-6-10(20)8-19(13)14-7-17-3-4-18-14/h1-5,7,10,13,20H,6,8H2/t10-,13+/m0/s1. The fourth-order valence-electron chi connectivity index (χ4n) is 2.57. The molecule has 3 rings (SSSR count). The summed E-state index contributed by atoms with van der Waals surface area (Å²) in [4.78, 5) is 9.87. The van der Waals surface area contributed by atoms with Crippen molar-refractivity contribution in [2.75, 3.05) is 11.4 Å². The molecule has 0 saturated carbocycles. The molecule has 0 aliphatic carbocycles. The molecule has 2 atom stereocenters. The first-order valence-corrected chi connectivity index (χ1v) is 6.31. The van der Waals surface area contributed by atoms with Crippen LogP contribution in [0.2, 0.25) is 0 Å². The molecule has 1 fully saturated rings. The molecule has 2 heterocycles. The quantitative estimate of drug-likeness (QED) is 0.913. The van der Waals surface area contributed by atoms with Crippen LogP contribution >= 0.6 is 0 Å². The lowest BCUT2D eigenvalue weighted by atomic mass is 10.0. The van der Waals surface area contributed by atoms with Gasteiger partial charge in [0.1, 0.15) is 17.5 Å². The van der Waals surface area contributed by atoms with Gasteiger partial charge in [-0.1, -0.05) is 0 Å². The lowest BCUT2D eigenvalue weighted by Crippen LogP contribution is -2.25. The number of nitrogens with zero attached hydrogens (tertiary/aromatic N) is 3. The Labute approximate surface area is 114 Å². The van der Waals surface area contributed by atoms with Crippen molar-refractivity contribution in [2.24, 2.45) is 0 Å². The molecule has 1 N–H and O–H groups in total. The maximum Gasteiger partial charge on any atom is 0.147 e. The first kappa shape index (κ1) is 12.9. The maximum absolute atomic E-state index is 13.9. The van der Waals surface area contributed by atoms with E-state index in [1.54, 1.807) is 11.1 Å². The third-order valence-electron chi connectivity index (χ3n) is 3.44. The van der Waals surface area contributed by atoms with E-state index >= 15 is 0 Å². The highest BCUT2D eigenvalue weighted by Gasteiger charge is 2.34. The molecule has 1 aromatic carbocycles. The van der Waals surface area contributed by atoms with Gasteiger partial charge in [0.05, 0.1) is 18.3 Å². The van der Waals surface area contributed by atoms with Crippen molar-refractivity contribution in [1.29, 1.82) is 0 Å². The minimum absolute atomic E-state index is 0.229. The van der Waals surface area contributed by atoms with E-state index in [0.717, 1.165) is 12.1 Å². The summed E-state index contributed by atoms with van der Waals surface area (Å²) >= 11 is 0. The summed E-state index contributed by atoms with van der Waals surface area (Å²) in [6.45, 7) is 0.319. The average molecular weight is 277 g/mol. The van der Waals surface area contributed by atoms with Gasteiger partial charge < -0.3 is 10.0 Å². The lowest BCUT2D eigenvalue weighted by Gasteiger charge is -2.25. The van der Waals surface area contributed by atoms with Crippen LogP contribution in [0.3, 0.4) is 0 Å². The monoisotopic (exact) mass is 277 g/mol. The molecule has 0 unspecified atom stereocenters. The highest BCUT2D eigenvalue weighted by Crippen LogP contribution is 2.36. The molecule has 104 valence electrons. The predicted octanol–water partition coefficient (Wildman–Crippen LogP) is 2.07. The first-order chi connectivity index (χ1) is 9.65. The molecule has 1 aliphatic heterocycles. The number of aromatic nitrogens is 2. The van der Waals surface area contributed by atoms with Gasteiger partial charge >= 0.3 is 0 Å². The van der Waals surface area contributed by atoms with Crippen molar-refractivity contribution in [3.63, 3.8) is 0 Å². The molecule has 4 nitrogen and oxygen atoms in total. The lowest BCUT2D eigenvalue weighted by molar-refractivity contribution is 0.194. The van der Waals surface area contributed by atoms with Gasteiger partial charge in [-0.3, -0.25) is 4.98 Å². The van der Waals surface area contributed by atoms with Gasteiger partial charge in [0, 0.05) is 24.5 Å². The van der Waals surface area contributed by atoms with Crippen LogP contribution in [0.25, 0.3) is 0 Å². The fraction of sp³-hybridized carbons (Fsp3) is 0.286. The predicted molar refractivity (Wildman–Crippen MR) is 69.1 cm³/mol. The van der Waals surface area contributed by atoms with Gasteiger partial charge in [0.2, 0.25) is 0 Å². The third kappa shape index (κ3) is 2.34. The molecule has 0 amide bonds. The largest absolute Gasteiger partial charge is 0.391 e. The van der Waals surface area contributed by atoms with Crippen molar-refractivity contribution in [3.8, 4) is 0 Å². The molecule has 0 spiro atoms. The van der Waals surface area contributed by atoms with Gasteiger partial charge in [0.25, 0.3) is 0 Å². The number of halogens is 2. The Morgan fingerprint density at radius 1 is 1.25 bits per heavy atom. The molecule has 1 aromatic heterocycles. The van der Waals surface area contributed by atoms with E-state index in [4.69, 9.17) is 0 Å². The molecule has 0 radical (unpaired) electrons. The fourth-order valence-corrected chi connectivity index (χ4v) is 2.57. The zero-order valence-corrected chi connectivity index (χ0v) is 10.6. The van der Waals surface area contributed by atoms with Gasteiger partial charge in [-0.15, -0.1) is 0 Å². The van der Waals surface area contributed by atoms with Crippen LogP contribution in [0.4, 0.5) is 14.6 Å². The van der Waals surface area contributed by atoms with Crippen LogP contribution in [-0.2, 0) is 0 Å². The molecule has 6 heteroatoms. The highest BCUT2D eigenvalue weighted by molar-refractivity contribution is 5.43. The van der Waals surface area contributed by atoms with Gasteiger partial charge in [-0.2, -0.15) is 0 Å².